The summed E-state index contributed by atoms with van der Waals surface area (Å²) in [5.74, 6) is 0.0268. The average molecular weight is 375 g/mol. The lowest BCUT2D eigenvalue weighted by Crippen LogP contribution is -2.10. The van der Waals surface area contributed by atoms with Crippen LogP contribution in [0.3, 0.4) is 0 Å². The molecule has 4 aromatic rings. The van der Waals surface area contributed by atoms with Crippen LogP contribution in [0.2, 0.25) is 0 Å². The summed E-state index contributed by atoms with van der Waals surface area (Å²) >= 11 is 0. The minimum absolute atomic E-state index is 0.0694. The van der Waals surface area contributed by atoms with E-state index in [1.165, 1.54) is 28.8 Å². The molecule has 2 N–H and O–H groups in total. The van der Waals surface area contributed by atoms with Gasteiger partial charge in [-0.15, -0.1) is 0 Å². The van der Waals surface area contributed by atoms with Crippen LogP contribution in [0.25, 0.3) is 16.3 Å². The summed E-state index contributed by atoms with van der Waals surface area (Å²) in [7, 11) is 0. The fourth-order valence-corrected chi connectivity index (χ4v) is 3.15. The van der Waals surface area contributed by atoms with E-state index >= 15 is 0 Å². The standard InChI is InChI=1S/C19H13F4N3O/c1-10-6-11(2-3-16(10)20)25-18-17-13-7-12(27)8-15(19(21,22)23)14(13)9-26(17)5-4-24-18/h2-9,24-25H,1H3. The third kappa shape index (κ3) is 2.92. The molecule has 0 unspecified atom stereocenters. The highest BCUT2D eigenvalue weighted by molar-refractivity contribution is 6.04. The van der Waals surface area contributed by atoms with E-state index in [2.05, 4.69) is 10.3 Å². The van der Waals surface area contributed by atoms with Gasteiger partial charge in [-0.1, -0.05) is 0 Å². The number of nitrogens with one attached hydrogen (secondary N) is 2. The number of benzene rings is 2. The van der Waals surface area contributed by atoms with E-state index in [-0.39, 0.29) is 16.6 Å². The van der Waals surface area contributed by atoms with Crippen LogP contribution in [0.5, 0.6) is 0 Å². The first kappa shape index (κ1) is 17.1. The van der Waals surface area contributed by atoms with Gasteiger partial charge < -0.3 is 14.7 Å². The second-order valence-electron chi connectivity index (χ2n) is 6.24. The predicted molar refractivity (Wildman–Crippen MR) is 94.9 cm³/mol. The number of aryl methyl sites for hydroxylation is 1. The number of hydrogen-bond donors (Lipinski definition) is 2. The number of anilines is 2. The molecule has 0 saturated heterocycles. The van der Waals surface area contributed by atoms with Gasteiger partial charge in [-0.2, -0.15) is 13.2 Å². The molecule has 138 valence electrons. The highest BCUT2D eigenvalue weighted by Gasteiger charge is 2.34. The van der Waals surface area contributed by atoms with Crippen molar-refractivity contribution in [1.82, 2.24) is 9.38 Å². The van der Waals surface area contributed by atoms with Crippen LogP contribution >= 0.6 is 0 Å². The van der Waals surface area contributed by atoms with E-state index in [9.17, 15) is 22.4 Å². The van der Waals surface area contributed by atoms with Gasteiger partial charge in [-0.05, 0) is 42.8 Å². The van der Waals surface area contributed by atoms with Crippen molar-refractivity contribution in [3.05, 3.63) is 76.1 Å². The normalized spacial score (nSPS) is 12.0. The Balaban J connectivity index is 1.97. The maximum absolute atomic E-state index is 13.5. The Morgan fingerprint density at radius 2 is 1.89 bits per heavy atom. The van der Waals surface area contributed by atoms with Crippen LogP contribution in [0, 0.1) is 12.7 Å². The summed E-state index contributed by atoms with van der Waals surface area (Å²) in [6.45, 7) is 1.61. The lowest BCUT2D eigenvalue weighted by molar-refractivity contribution is -0.136. The largest absolute Gasteiger partial charge is 0.417 e. The number of hydrogen-bond acceptors (Lipinski definition) is 2. The molecule has 0 spiro atoms. The lowest BCUT2D eigenvalue weighted by Gasteiger charge is -2.10. The Labute approximate surface area is 150 Å². The Morgan fingerprint density at radius 1 is 1.11 bits per heavy atom. The molecule has 0 bridgehead atoms. The van der Waals surface area contributed by atoms with Crippen molar-refractivity contribution in [1.29, 1.82) is 0 Å². The van der Waals surface area contributed by atoms with E-state index in [1.54, 1.807) is 25.4 Å². The SMILES string of the molecule is Cc1cc(Nc2[nH]ccn3cc4c(C(F)(F)F)cc(=O)cc4c23)ccc1F. The van der Waals surface area contributed by atoms with Crippen LogP contribution in [-0.4, -0.2) is 9.38 Å². The molecule has 4 nitrogen and oxygen atoms in total. The highest BCUT2D eigenvalue weighted by atomic mass is 19.4. The fraction of sp³-hybridized carbons (Fsp3) is 0.105. The van der Waals surface area contributed by atoms with Crippen molar-refractivity contribution in [2.24, 2.45) is 0 Å². The van der Waals surface area contributed by atoms with E-state index in [0.29, 0.717) is 28.7 Å². The van der Waals surface area contributed by atoms with Gasteiger partial charge in [0, 0.05) is 35.1 Å². The smallest absolute Gasteiger partial charge is 0.345 e. The molecule has 0 fully saturated rings. The first-order valence-electron chi connectivity index (χ1n) is 8.00. The van der Waals surface area contributed by atoms with Gasteiger partial charge in [0.25, 0.3) is 0 Å². The zero-order chi connectivity index (χ0) is 19.3. The van der Waals surface area contributed by atoms with Gasteiger partial charge >= 0.3 is 6.18 Å². The van der Waals surface area contributed by atoms with Crippen LogP contribution in [0.1, 0.15) is 11.1 Å². The number of aromatic nitrogens is 2. The molecule has 2 heterocycles. The molecule has 0 radical (unpaired) electrons. The Bertz CT molecular complexity index is 1240. The summed E-state index contributed by atoms with van der Waals surface area (Å²) in [5.41, 5.74) is -0.333. The van der Waals surface area contributed by atoms with Crippen molar-refractivity contribution >= 4 is 27.8 Å². The van der Waals surface area contributed by atoms with Crippen molar-refractivity contribution in [2.45, 2.75) is 13.1 Å². The summed E-state index contributed by atoms with van der Waals surface area (Å²) in [5, 5.41) is 3.15. The molecule has 4 rings (SSSR count). The van der Waals surface area contributed by atoms with Crippen molar-refractivity contribution in [3.8, 4) is 0 Å². The van der Waals surface area contributed by atoms with Crippen LogP contribution in [0.15, 0.2) is 53.7 Å². The molecule has 0 aliphatic carbocycles. The van der Waals surface area contributed by atoms with Gasteiger partial charge in [0.15, 0.2) is 5.43 Å². The zero-order valence-corrected chi connectivity index (χ0v) is 14.0. The first-order chi connectivity index (χ1) is 12.7. The summed E-state index contributed by atoms with van der Waals surface area (Å²) < 4.78 is 55.0. The summed E-state index contributed by atoms with van der Waals surface area (Å²) in [6.07, 6.45) is -0.201. The van der Waals surface area contributed by atoms with Crippen molar-refractivity contribution < 1.29 is 17.6 Å². The number of rotatable bonds is 2. The molecule has 0 atom stereocenters. The number of aromatic amines is 1. The first-order valence-corrected chi connectivity index (χ1v) is 8.00. The van der Waals surface area contributed by atoms with Gasteiger partial charge in [0.05, 0.1) is 11.1 Å². The second-order valence-corrected chi connectivity index (χ2v) is 6.24. The molecule has 0 saturated carbocycles. The minimum atomic E-state index is -4.64. The Morgan fingerprint density at radius 3 is 2.59 bits per heavy atom. The van der Waals surface area contributed by atoms with Gasteiger partial charge in [-0.25, -0.2) is 4.39 Å². The molecule has 0 aliphatic rings. The minimum Gasteiger partial charge on any atom is -0.345 e. The summed E-state index contributed by atoms with van der Waals surface area (Å²) in [6, 6.07) is 6.17. The van der Waals surface area contributed by atoms with Crippen molar-refractivity contribution in [3.63, 3.8) is 0 Å². The van der Waals surface area contributed by atoms with Gasteiger partial charge in [0.1, 0.15) is 11.6 Å². The molecule has 27 heavy (non-hydrogen) atoms. The second kappa shape index (κ2) is 5.87. The number of alkyl halides is 3. The van der Waals surface area contributed by atoms with Gasteiger partial charge in [0.2, 0.25) is 0 Å². The average Bonchev–Trinajstić information content (AvgIpc) is 2.96. The Kier molecular flexibility index (Phi) is 3.73. The zero-order valence-electron chi connectivity index (χ0n) is 14.0. The Hall–Kier alpha value is -3.29. The number of fused-ring (bicyclic) bond motifs is 3. The predicted octanol–water partition coefficient (Wildman–Crippen LogP) is 4.99. The fourth-order valence-electron chi connectivity index (χ4n) is 3.15. The number of H-pyrrole nitrogens is 1. The molecule has 8 heteroatoms. The maximum Gasteiger partial charge on any atom is 0.417 e. The van der Waals surface area contributed by atoms with E-state index in [4.69, 9.17) is 0 Å². The molecule has 2 aromatic carbocycles. The maximum atomic E-state index is 13.5. The topological polar surface area (TPSA) is 49.3 Å². The number of nitrogens with zero attached hydrogens (tertiary/aromatic N) is 1. The third-order valence-electron chi connectivity index (χ3n) is 4.37. The lowest BCUT2D eigenvalue weighted by atomic mass is 10.1. The monoisotopic (exact) mass is 375 g/mol. The molecule has 0 aliphatic heterocycles. The third-order valence-corrected chi connectivity index (χ3v) is 4.37. The van der Waals surface area contributed by atoms with Crippen LogP contribution in [0.4, 0.5) is 29.1 Å². The number of halogens is 4. The van der Waals surface area contributed by atoms with Gasteiger partial charge in [-0.3, -0.25) is 4.79 Å². The van der Waals surface area contributed by atoms with E-state index < -0.39 is 17.2 Å². The summed E-state index contributed by atoms with van der Waals surface area (Å²) in [4.78, 5) is 14.8. The molecular weight excluding hydrogens is 362 g/mol. The quantitative estimate of drug-likeness (QED) is 0.485. The van der Waals surface area contributed by atoms with Crippen LogP contribution in [-0.2, 0) is 6.18 Å². The van der Waals surface area contributed by atoms with Crippen molar-refractivity contribution in [2.75, 3.05) is 5.32 Å². The highest BCUT2D eigenvalue weighted by Crippen LogP contribution is 2.37. The molecular formula is C19H13F4N3O. The van der Waals surface area contributed by atoms with Crippen LogP contribution < -0.4 is 10.7 Å². The molecule has 2 aromatic heterocycles. The van der Waals surface area contributed by atoms with E-state index in [1.807, 2.05) is 0 Å². The van der Waals surface area contributed by atoms with E-state index in [0.717, 1.165) is 0 Å². The molecule has 0 amide bonds.